The summed E-state index contributed by atoms with van der Waals surface area (Å²) in [5.74, 6) is 0.800. The SMILES string of the molecule is Cc1cc(C)cc(C(=O)OCCOc2ccc(C[NH2+]Cc3ccc(OCCOC(=O)c4cc(C)cc(C)c4)cc3)cc2)c1. The molecule has 0 aliphatic heterocycles. The highest BCUT2D eigenvalue weighted by Gasteiger charge is 2.10. The molecule has 0 aromatic heterocycles. The lowest BCUT2D eigenvalue weighted by molar-refractivity contribution is -0.686. The molecule has 0 unspecified atom stereocenters. The zero-order valence-corrected chi connectivity index (χ0v) is 25.4. The first-order chi connectivity index (χ1) is 20.7. The molecule has 4 aromatic carbocycles. The summed E-state index contributed by atoms with van der Waals surface area (Å²) >= 11 is 0. The number of aryl methyl sites for hydroxylation is 4. The first kappa shape index (κ1) is 31.3. The summed E-state index contributed by atoms with van der Waals surface area (Å²) in [7, 11) is 0. The summed E-state index contributed by atoms with van der Waals surface area (Å²) < 4.78 is 22.2. The van der Waals surface area contributed by atoms with Gasteiger partial charge in [-0.3, -0.25) is 0 Å². The number of carbonyl (C=O) groups is 2. The molecule has 0 saturated carbocycles. The number of rotatable bonds is 14. The Morgan fingerprint density at radius 3 is 1.21 bits per heavy atom. The molecule has 0 amide bonds. The van der Waals surface area contributed by atoms with Crippen LogP contribution in [0.3, 0.4) is 0 Å². The lowest BCUT2D eigenvalue weighted by Gasteiger charge is -2.10. The number of esters is 2. The summed E-state index contributed by atoms with van der Waals surface area (Å²) in [5, 5.41) is 2.23. The third kappa shape index (κ3) is 10.3. The van der Waals surface area contributed by atoms with Crippen LogP contribution >= 0.6 is 0 Å². The van der Waals surface area contributed by atoms with Crippen molar-refractivity contribution in [3.63, 3.8) is 0 Å². The smallest absolute Gasteiger partial charge is 0.338 e. The van der Waals surface area contributed by atoms with E-state index in [0.717, 1.165) is 46.8 Å². The Morgan fingerprint density at radius 1 is 0.512 bits per heavy atom. The first-order valence-corrected chi connectivity index (χ1v) is 14.5. The molecule has 4 aromatic rings. The molecule has 43 heavy (non-hydrogen) atoms. The van der Waals surface area contributed by atoms with Crippen molar-refractivity contribution in [2.24, 2.45) is 0 Å². The Kier molecular flexibility index (Phi) is 11.3. The third-order valence-corrected chi connectivity index (χ3v) is 6.69. The van der Waals surface area contributed by atoms with E-state index in [4.69, 9.17) is 18.9 Å². The fourth-order valence-electron chi connectivity index (χ4n) is 4.79. The number of benzene rings is 4. The minimum Gasteiger partial charge on any atom is -0.490 e. The molecule has 0 fully saturated rings. The normalized spacial score (nSPS) is 10.7. The molecular weight excluding hydrogens is 542 g/mol. The topological polar surface area (TPSA) is 87.7 Å². The van der Waals surface area contributed by atoms with E-state index < -0.39 is 0 Å². The number of hydrogen-bond acceptors (Lipinski definition) is 6. The number of carbonyl (C=O) groups excluding carboxylic acids is 2. The summed E-state index contributed by atoms with van der Waals surface area (Å²) in [6.07, 6.45) is 0. The van der Waals surface area contributed by atoms with Crippen LogP contribution < -0.4 is 14.8 Å². The molecule has 7 nitrogen and oxygen atoms in total. The average molecular weight is 583 g/mol. The van der Waals surface area contributed by atoms with Gasteiger partial charge in [-0.25, -0.2) is 9.59 Å². The Balaban J connectivity index is 1.09. The second-order valence-corrected chi connectivity index (χ2v) is 10.7. The lowest BCUT2D eigenvalue weighted by atomic mass is 10.1. The zero-order chi connectivity index (χ0) is 30.6. The maximum Gasteiger partial charge on any atom is 0.338 e. The molecule has 0 aliphatic carbocycles. The molecule has 0 aliphatic rings. The van der Waals surface area contributed by atoms with Gasteiger partial charge in [-0.1, -0.05) is 34.4 Å². The van der Waals surface area contributed by atoms with Crippen molar-refractivity contribution in [3.05, 3.63) is 129 Å². The van der Waals surface area contributed by atoms with E-state index in [-0.39, 0.29) is 25.2 Å². The van der Waals surface area contributed by atoms with Crippen molar-refractivity contribution in [2.75, 3.05) is 26.4 Å². The van der Waals surface area contributed by atoms with Crippen molar-refractivity contribution in [1.29, 1.82) is 0 Å². The standard InChI is InChI=1S/C36H39NO6/c1-25-17-26(2)20-31(19-25)35(38)42-15-13-40-33-9-5-29(6-10-33)23-37-24-30-7-11-34(12-8-30)41-14-16-43-36(39)32-21-27(3)18-28(4)22-32/h5-12,17-22,37H,13-16,23-24H2,1-4H3/p+1. The molecule has 0 saturated heterocycles. The minimum atomic E-state index is -0.338. The monoisotopic (exact) mass is 582 g/mol. The molecule has 2 N–H and O–H groups in total. The summed E-state index contributed by atoms with van der Waals surface area (Å²) in [6, 6.07) is 27.2. The Bertz CT molecular complexity index is 1360. The van der Waals surface area contributed by atoms with E-state index in [0.29, 0.717) is 24.3 Å². The quantitative estimate of drug-likeness (QED) is 0.153. The van der Waals surface area contributed by atoms with E-state index in [1.165, 1.54) is 11.1 Å². The van der Waals surface area contributed by atoms with E-state index in [1.54, 1.807) is 0 Å². The Hall–Kier alpha value is -4.62. The van der Waals surface area contributed by atoms with Crippen LogP contribution in [0.5, 0.6) is 11.5 Å². The molecule has 0 bridgehead atoms. The van der Waals surface area contributed by atoms with Crippen LogP contribution in [0.2, 0.25) is 0 Å². The predicted molar refractivity (Wildman–Crippen MR) is 166 cm³/mol. The third-order valence-electron chi connectivity index (χ3n) is 6.69. The minimum absolute atomic E-state index is 0.187. The van der Waals surface area contributed by atoms with Crippen molar-refractivity contribution in [3.8, 4) is 11.5 Å². The first-order valence-electron chi connectivity index (χ1n) is 14.5. The molecule has 7 heteroatoms. The highest BCUT2D eigenvalue weighted by atomic mass is 16.6. The van der Waals surface area contributed by atoms with Crippen LogP contribution in [0.25, 0.3) is 0 Å². The molecule has 0 atom stereocenters. The number of quaternary nitrogens is 1. The highest BCUT2D eigenvalue weighted by Crippen LogP contribution is 2.14. The molecule has 0 heterocycles. The summed E-state index contributed by atoms with van der Waals surface area (Å²) in [5.41, 5.74) is 7.62. The molecule has 0 radical (unpaired) electrons. The average Bonchev–Trinajstić information content (AvgIpc) is 2.98. The van der Waals surface area contributed by atoms with Gasteiger partial charge in [0, 0.05) is 11.1 Å². The van der Waals surface area contributed by atoms with Crippen LogP contribution in [-0.2, 0) is 22.6 Å². The molecular formula is C36H40NO6+. The molecule has 0 spiro atoms. The van der Waals surface area contributed by atoms with Gasteiger partial charge in [-0.15, -0.1) is 0 Å². The molecule has 224 valence electrons. The van der Waals surface area contributed by atoms with Crippen LogP contribution in [0.1, 0.15) is 54.1 Å². The fraction of sp³-hybridized carbons (Fsp3) is 0.278. The second-order valence-electron chi connectivity index (χ2n) is 10.7. The van der Waals surface area contributed by atoms with Crippen molar-refractivity contribution < 1.29 is 33.9 Å². The fourth-order valence-corrected chi connectivity index (χ4v) is 4.79. The largest absolute Gasteiger partial charge is 0.490 e. The zero-order valence-electron chi connectivity index (χ0n) is 25.4. The number of nitrogens with two attached hydrogens (primary N) is 1. The highest BCUT2D eigenvalue weighted by molar-refractivity contribution is 5.90. The van der Waals surface area contributed by atoms with Gasteiger partial charge in [0.25, 0.3) is 0 Å². The van der Waals surface area contributed by atoms with Gasteiger partial charge in [0.15, 0.2) is 0 Å². The lowest BCUT2D eigenvalue weighted by Crippen LogP contribution is -2.80. The predicted octanol–water partition coefficient (Wildman–Crippen LogP) is 5.66. The number of hydrogen-bond donors (Lipinski definition) is 1. The van der Waals surface area contributed by atoms with E-state index >= 15 is 0 Å². The van der Waals surface area contributed by atoms with Gasteiger partial charge in [0.1, 0.15) is 51.0 Å². The van der Waals surface area contributed by atoms with Gasteiger partial charge in [-0.2, -0.15) is 0 Å². The van der Waals surface area contributed by atoms with Gasteiger partial charge in [-0.05, 0) is 100 Å². The van der Waals surface area contributed by atoms with Gasteiger partial charge in [0.05, 0.1) is 11.1 Å². The van der Waals surface area contributed by atoms with E-state index in [2.05, 4.69) is 5.32 Å². The summed E-state index contributed by atoms with van der Waals surface area (Å²) in [6.45, 7) is 10.5. The van der Waals surface area contributed by atoms with Gasteiger partial charge < -0.3 is 24.3 Å². The second kappa shape index (κ2) is 15.6. The molecule has 4 rings (SSSR count). The van der Waals surface area contributed by atoms with Crippen molar-refractivity contribution >= 4 is 11.9 Å². The Morgan fingerprint density at radius 2 is 0.860 bits per heavy atom. The van der Waals surface area contributed by atoms with Crippen molar-refractivity contribution in [2.45, 2.75) is 40.8 Å². The maximum atomic E-state index is 12.3. The number of ether oxygens (including phenoxy) is 4. The van der Waals surface area contributed by atoms with E-state index in [9.17, 15) is 9.59 Å². The van der Waals surface area contributed by atoms with Crippen LogP contribution in [0.4, 0.5) is 0 Å². The van der Waals surface area contributed by atoms with Crippen LogP contribution in [-0.4, -0.2) is 38.4 Å². The summed E-state index contributed by atoms with van der Waals surface area (Å²) in [4.78, 5) is 24.5. The van der Waals surface area contributed by atoms with Crippen LogP contribution in [0.15, 0.2) is 84.9 Å². The van der Waals surface area contributed by atoms with Crippen molar-refractivity contribution in [1.82, 2.24) is 0 Å². The van der Waals surface area contributed by atoms with Crippen LogP contribution in [0, 0.1) is 27.7 Å². The van der Waals surface area contributed by atoms with E-state index in [1.807, 2.05) is 113 Å². The van der Waals surface area contributed by atoms with Gasteiger partial charge in [0.2, 0.25) is 0 Å². The Labute approximate surface area is 253 Å². The maximum absolute atomic E-state index is 12.3. The van der Waals surface area contributed by atoms with Gasteiger partial charge >= 0.3 is 11.9 Å².